The van der Waals surface area contributed by atoms with E-state index in [1.807, 2.05) is 30.3 Å². The zero-order valence-electron chi connectivity index (χ0n) is 22.1. The van der Waals surface area contributed by atoms with Crippen molar-refractivity contribution >= 4 is 33.9 Å². The molecule has 2 N–H and O–H groups in total. The van der Waals surface area contributed by atoms with Crippen molar-refractivity contribution in [1.82, 2.24) is 9.88 Å². The average molecular weight is 518 g/mol. The van der Waals surface area contributed by atoms with E-state index < -0.39 is 0 Å². The molecule has 0 atom stereocenters. The SMILES string of the molecule is COc1ccc2[nH]cc(CCN(Cc3ccc(OC)c(OC)c3)C(=S)Nc3ccc(C(C)C)cc3)c2c1. The number of ether oxygens (including phenoxy) is 3. The van der Waals surface area contributed by atoms with Crippen LogP contribution in [0.3, 0.4) is 0 Å². The third-order valence-electron chi connectivity index (χ3n) is 6.56. The Balaban J connectivity index is 1.56. The van der Waals surface area contributed by atoms with Crippen LogP contribution in [-0.4, -0.2) is 42.9 Å². The van der Waals surface area contributed by atoms with E-state index in [-0.39, 0.29) is 0 Å². The topological polar surface area (TPSA) is 58.8 Å². The van der Waals surface area contributed by atoms with E-state index in [2.05, 4.69) is 65.6 Å². The average Bonchev–Trinajstić information content (AvgIpc) is 3.33. The smallest absolute Gasteiger partial charge is 0.173 e. The maximum Gasteiger partial charge on any atom is 0.173 e. The lowest BCUT2D eigenvalue weighted by Gasteiger charge is -2.26. The quantitative estimate of drug-likeness (QED) is 0.227. The summed E-state index contributed by atoms with van der Waals surface area (Å²) in [5.41, 5.74) is 5.66. The van der Waals surface area contributed by atoms with Crippen LogP contribution < -0.4 is 19.5 Å². The van der Waals surface area contributed by atoms with E-state index in [4.69, 9.17) is 26.4 Å². The first-order chi connectivity index (χ1) is 17.9. The van der Waals surface area contributed by atoms with Crippen molar-refractivity contribution in [3.63, 3.8) is 0 Å². The van der Waals surface area contributed by atoms with Crippen molar-refractivity contribution in [2.75, 3.05) is 33.2 Å². The Bertz CT molecular complexity index is 1350. The Morgan fingerprint density at radius 3 is 2.35 bits per heavy atom. The molecule has 0 bridgehead atoms. The molecule has 0 aliphatic carbocycles. The number of nitrogens with one attached hydrogen (secondary N) is 2. The predicted octanol–water partition coefficient (Wildman–Crippen LogP) is 6.76. The highest BCUT2D eigenvalue weighted by molar-refractivity contribution is 7.80. The third-order valence-corrected chi connectivity index (χ3v) is 6.92. The molecule has 4 rings (SSSR count). The molecule has 0 saturated heterocycles. The van der Waals surface area contributed by atoms with Gasteiger partial charge in [0.15, 0.2) is 16.6 Å². The van der Waals surface area contributed by atoms with Crippen LogP contribution in [-0.2, 0) is 13.0 Å². The number of H-pyrrole nitrogens is 1. The zero-order valence-corrected chi connectivity index (χ0v) is 22.9. The van der Waals surface area contributed by atoms with Gasteiger partial charge in [0.25, 0.3) is 0 Å². The van der Waals surface area contributed by atoms with Crippen LogP contribution in [0.5, 0.6) is 17.2 Å². The number of fused-ring (bicyclic) bond motifs is 1. The van der Waals surface area contributed by atoms with Gasteiger partial charge in [0.2, 0.25) is 0 Å². The molecule has 0 amide bonds. The van der Waals surface area contributed by atoms with Gasteiger partial charge in [-0.05, 0) is 83.7 Å². The lowest BCUT2D eigenvalue weighted by molar-refractivity contribution is 0.353. The van der Waals surface area contributed by atoms with E-state index in [0.717, 1.165) is 40.9 Å². The first-order valence-corrected chi connectivity index (χ1v) is 12.8. The highest BCUT2D eigenvalue weighted by Gasteiger charge is 2.15. The monoisotopic (exact) mass is 517 g/mol. The van der Waals surface area contributed by atoms with E-state index >= 15 is 0 Å². The molecular weight excluding hydrogens is 482 g/mol. The fourth-order valence-electron chi connectivity index (χ4n) is 4.35. The fraction of sp³-hybridized carbons (Fsp3) is 0.300. The fourth-order valence-corrected chi connectivity index (χ4v) is 4.63. The molecule has 0 saturated carbocycles. The molecule has 0 unspecified atom stereocenters. The van der Waals surface area contributed by atoms with Crippen LogP contribution >= 0.6 is 12.2 Å². The van der Waals surface area contributed by atoms with Crippen LogP contribution in [0.1, 0.15) is 36.5 Å². The van der Waals surface area contributed by atoms with E-state index in [9.17, 15) is 0 Å². The first-order valence-electron chi connectivity index (χ1n) is 12.4. The zero-order chi connectivity index (χ0) is 26.4. The molecule has 0 aliphatic heterocycles. The molecule has 3 aromatic carbocycles. The van der Waals surface area contributed by atoms with Gasteiger partial charge >= 0.3 is 0 Å². The van der Waals surface area contributed by atoms with Crippen LogP contribution in [0.25, 0.3) is 10.9 Å². The lowest BCUT2D eigenvalue weighted by atomic mass is 10.0. The highest BCUT2D eigenvalue weighted by atomic mass is 32.1. The van der Waals surface area contributed by atoms with Gasteiger partial charge in [-0.25, -0.2) is 0 Å². The second-order valence-corrected chi connectivity index (χ2v) is 9.68. The Morgan fingerprint density at radius 1 is 0.919 bits per heavy atom. The molecule has 4 aromatic rings. The summed E-state index contributed by atoms with van der Waals surface area (Å²) in [6.45, 7) is 5.74. The summed E-state index contributed by atoms with van der Waals surface area (Å²) in [4.78, 5) is 5.56. The molecule has 194 valence electrons. The Labute approximate surface area is 224 Å². The number of aromatic nitrogens is 1. The Morgan fingerprint density at radius 2 is 1.68 bits per heavy atom. The summed E-state index contributed by atoms with van der Waals surface area (Å²) in [6.07, 6.45) is 2.88. The van der Waals surface area contributed by atoms with Crippen molar-refractivity contribution in [2.24, 2.45) is 0 Å². The van der Waals surface area contributed by atoms with Crippen molar-refractivity contribution < 1.29 is 14.2 Å². The molecular formula is C30H35N3O3S. The molecule has 37 heavy (non-hydrogen) atoms. The molecule has 1 heterocycles. The van der Waals surface area contributed by atoms with Crippen molar-refractivity contribution in [2.45, 2.75) is 32.7 Å². The number of nitrogens with zero attached hydrogens (tertiary/aromatic N) is 1. The number of aromatic amines is 1. The Kier molecular flexibility index (Phi) is 8.56. The normalized spacial score (nSPS) is 11.0. The number of hydrogen-bond donors (Lipinski definition) is 2. The second-order valence-electron chi connectivity index (χ2n) is 9.29. The third kappa shape index (κ3) is 6.35. The summed E-state index contributed by atoms with van der Waals surface area (Å²) in [6, 6.07) is 20.5. The molecule has 0 radical (unpaired) electrons. The number of thiocarbonyl (C=S) groups is 1. The second kappa shape index (κ2) is 12.0. The van der Waals surface area contributed by atoms with E-state index in [1.165, 1.54) is 11.1 Å². The summed E-state index contributed by atoms with van der Waals surface area (Å²) >= 11 is 5.91. The van der Waals surface area contributed by atoms with Gasteiger partial charge < -0.3 is 29.4 Å². The van der Waals surface area contributed by atoms with Gasteiger partial charge in [0, 0.05) is 35.9 Å². The predicted molar refractivity (Wildman–Crippen MR) is 155 cm³/mol. The van der Waals surface area contributed by atoms with E-state index in [0.29, 0.717) is 29.1 Å². The number of rotatable bonds is 10. The van der Waals surface area contributed by atoms with Gasteiger partial charge in [0.05, 0.1) is 21.3 Å². The summed E-state index contributed by atoms with van der Waals surface area (Å²) in [7, 11) is 4.98. The minimum absolute atomic E-state index is 0.484. The molecule has 7 heteroatoms. The van der Waals surface area contributed by atoms with Crippen LogP contribution in [0.2, 0.25) is 0 Å². The number of anilines is 1. The van der Waals surface area contributed by atoms with Gasteiger partial charge in [-0.15, -0.1) is 0 Å². The molecule has 0 spiro atoms. The maximum atomic E-state index is 5.91. The van der Waals surface area contributed by atoms with Gasteiger partial charge in [-0.1, -0.05) is 32.0 Å². The van der Waals surface area contributed by atoms with E-state index in [1.54, 1.807) is 21.3 Å². The largest absolute Gasteiger partial charge is 0.497 e. The molecule has 1 aromatic heterocycles. The van der Waals surface area contributed by atoms with Crippen molar-refractivity contribution in [3.8, 4) is 17.2 Å². The van der Waals surface area contributed by atoms with Crippen LogP contribution in [0.4, 0.5) is 5.69 Å². The molecule has 6 nitrogen and oxygen atoms in total. The Hall–Kier alpha value is -3.71. The molecule has 0 aliphatic rings. The van der Waals surface area contributed by atoms with Crippen LogP contribution in [0, 0.1) is 0 Å². The summed E-state index contributed by atoms with van der Waals surface area (Å²) in [5.74, 6) is 2.73. The minimum atomic E-state index is 0.484. The molecule has 0 fully saturated rings. The number of hydrogen-bond acceptors (Lipinski definition) is 4. The summed E-state index contributed by atoms with van der Waals surface area (Å²) < 4.78 is 16.4. The first kappa shape index (κ1) is 26.4. The van der Waals surface area contributed by atoms with Gasteiger partial charge in [-0.3, -0.25) is 0 Å². The highest BCUT2D eigenvalue weighted by Crippen LogP contribution is 2.29. The standard InChI is InChI=1S/C30H35N3O3S/c1-20(2)22-7-9-24(10-8-22)32-30(37)33(19-21-6-13-28(35-4)29(16-21)36-5)15-14-23-18-31-27-12-11-25(34-3)17-26(23)27/h6-13,16-18,20,31H,14-15,19H2,1-5H3,(H,32,37). The number of methoxy groups -OCH3 is 3. The maximum absolute atomic E-state index is 5.91. The van der Waals surface area contributed by atoms with Gasteiger partial charge in [-0.2, -0.15) is 0 Å². The minimum Gasteiger partial charge on any atom is -0.497 e. The van der Waals surface area contributed by atoms with Crippen molar-refractivity contribution in [1.29, 1.82) is 0 Å². The lowest BCUT2D eigenvalue weighted by Crippen LogP contribution is -2.35. The number of benzene rings is 3. The van der Waals surface area contributed by atoms with Crippen molar-refractivity contribution in [3.05, 3.63) is 83.6 Å². The van der Waals surface area contributed by atoms with Crippen LogP contribution in [0.15, 0.2) is 66.9 Å². The van der Waals surface area contributed by atoms with Gasteiger partial charge in [0.1, 0.15) is 5.75 Å². The summed E-state index contributed by atoms with van der Waals surface area (Å²) in [5, 5.41) is 5.27.